The summed E-state index contributed by atoms with van der Waals surface area (Å²) in [7, 11) is 0. The molecule has 1 saturated heterocycles. The van der Waals surface area contributed by atoms with Crippen molar-refractivity contribution in [1.29, 1.82) is 0 Å². The number of benzene rings is 1. The van der Waals surface area contributed by atoms with Gasteiger partial charge in [0.05, 0.1) is 11.7 Å². The summed E-state index contributed by atoms with van der Waals surface area (Å²) in [4.78, 5) is 11.9. The van der Waals surface area contributed by atoms with E-state index < -0.39 is 0 Å². The van der Waals surface area contributed by atoms with Crippen LogP contribution in [0.25, 0.3) is 0 Å². The molecule has 2 N–H and O–H groups in total. The zero-order valence-electron chi connectivity index (χ0n) is 11.1. The van der Waals surface area contributed by atoms with Gasteiger partial charge < -0.3 is 15.2 Å². The standard InChI is InChI=1S/C15H21NO3/c16-9-8-12-4-6-13(7-5-12)15(17)19-11-14-3-1-2-10-18-14/h4-7,14H,1-3,8-11,16H2. The Kier molecular flexibility index (Phi) is 5.36. The fourth-order valence-electron chi connectivity index (χ4n) is 2.16. The van der Waals surface area contributed by atoms with Crippen molar-refractivity contribution in [2.75, 3.05) is 19.8 Å². The third-order valence-electron chi connectivity index (χ3n) is 3.30. The number of ether oxygens (including phenoxy) is 2. The van der Waals surface area contributed by atoms with Gasteiger partial charge in [-0.3, -0.25) is 0 Å². The number of hydrogen-bond donors (Lipinski definition) is 1. The minimum Gasteiger partial charge on any atom is -0.459 e. The summed E-state index contributed by atoms with van der Waals surface area (Å²) in [5.41, 5.74) is 7.20. The fourth-order valence-corrected chi connectivity index (χ4v) is 2.16. The highest BCUT2D eigenvalue weighted by atomic mass is 16.6. The predicted molar refractivity (Wildman–Crippen MR) is 73.1 cm³/mol. The lowest BCUT2D eigenvalue weighted by atomic mass is 10.1. The van der Waals surface area contributed by atoms with Crippen LogP contribution < -0.4 is 5.73 Å². The Bertz CT molecular complexity index is 396. The first kappa shape index (κ1) is 14.0. The monoisotopic (exact) mass is 263 g/mol. The SMILES string of the molecule is NCCc1ccc(C(=O)OCC2CCCCO2)cc1. The Labute approximate surface area is 113 Å². The molecule has 0 saturated carbocycles. The van der Waals surface area contributed by atoms with E-state index in [-0.39, 0.29) is 12.1 Å². The lowest BCUT2D eigenvalue weighted by Gasteiger charge is -2.22. The third kappa shape index (κ3) is 4.33. The van der Waals surface area contributed by atoms with E-state index in [1.807, 2.05) is 12.1 Å². The summed E-state index contributed by atoms with van der Waals surface area (Å²) >= 11 is 0. The normalized spacial score (nSPS) is 19.1. The van der Waals surface area contributed by atoms with E-state index in [1.54, 1.807) is 12.1 Å². The van der Waals surface area contributed by atoms with E-state index in [0.717, 1.165) is 37.9 Å². The molecule has 104 valence electrons. The first-order valence-corrected chi connectivity index (χ1v) is 6.87. The first-order chi connectivity index (χ1) is 9.29. The Hall–Kier alpha value is -1.39. The van der Waals surface area contributed by atoms with Crippen molar-refractivity contribution < 1.29 is 14.3 Å². The molecule has 1 aliphatic heterocycles. The van der Waals surface area contributed by atoms with Crippen LogP contribution in [0, 0.1) is 0 Å². The molecule has 2 rings (SSSR count). The number of nitrogens with two attached hydrogens (primary N) is 1. The average molecular weight is 263 g/mol. The Morgan fingerprint density at radius 2 is 2.11 bits per heavy atom. The summed E-state index contributed by atoms with van der Waals surface area (Å²) < 4.78 is 10.8. The molecule has 0 aliphatic carbocycles. The minimum atomic E-state index is -0.284. The van der Waals surface area contributed by atoms with Gasteiger partial charge in [0, 0.05) is 6.61 Å². The van der Waals surface area contributed by atoms with Gasteiger partial charge in [-0.1, -0.05) is 12.1 Å². The van der Waals surface area contributed by atoms with Gasteiger partial charge in [-0.15, -0.1) is 0 Å². The Morgan fingerprint density at radius 3 is 2.74 bits per heavy atom. The van der Waals surface area contributed by atoms with Gasteiger partial charge >= 0.3 is 5.97 Å². The highest BCUT2D eigenvalue weighted by molar-refractivity contribution is 5.89. The molecule has 1 fully saturated rings. The molecule has 1 aromatic carbocycles. The smallest absolute Gasteiger partial charge is 0.338 e. The number of carbonyl (C=O) groups is 1. The van der Waals surface area contributed by atoms with Crippen LogP contribution in [0.1, 0.15) is 35.2 Å². The first-order valence-electron chi connectivity index (χ1n) is 6.87. The summed E-state index contributed by atoms with van der Waals surface area (Å²) in [6.45, 7) is 1.74. The molecule has 0 bridgehead atoms. The molecule has 1 aliphatic rings. The van der Waals surface area contributed by atoms with Gasteiger partial charge in [0.1, 0.15) is 6.61 Å². The van der Waals surface area contributed by atoms with Gasteiger partial charge in [-0.05, 0) is 49.9 Å². The molecule has 0 radical (unpaired) electrons. The average Bonchev–Trinajstić information content (AvgIpc) is 2.47. The summed E-state index contributed by atoms with van der Waals surface area (Å²) in [5.74, 6) is -0.284. The molecule has 4 nitrogen and oxygen atoms in total. The molecule has 4 heteroatoms. The molecule has 1 aromatic rings. The van der Waals surface area contributed by atoms with Crippen LogP contribution in [-0.4, -0.2) is 31.8 Å². The van der Waals surface area contributed by atoms with E-state index in [1.165, 1.54) is 0 Å². The van der Waals surface area contributed by atoms with Gasteiger partial charge in [-0.2, -0.15) is 0 Å². The molecule has 0 amide bonds. The maximum atomic E-state index is 11.9. The van der Waals surface area contributed by atoms with Crippen molar-refractivity contribution in [3.05, 3.63) is 35.4 Å². The molecule has 0 spiro atoms. The van der Waals surface area contributed by atoms with Gasteiger partial charge in [0.25, 0.3) is 0 Å². The maximum Gasteiger partial charge on any atom is 0.338 e. The Morgan fingerprint density at radius 1 is 1.32 bits per heavy atom. The quantitative estimate of drug-likeness (QED) is 0.824. The van der Waals surface area contributed by atoms with Gasteiger partial charge in [0.2, 0.25) is 0 Å². The zero-order valence-corrected chi connectivity index (χ0v) is 11.1. The lowest BCUT2D eigenvalue weighted by Crippen LogP contribution is -2.25. The van der Waals surface area contributed by atoms with E-state index >= 15 is 0 Å². The third-order valence-corrected chi connectivity index (χ3v) is 3.30. The molecular formula is C15H21NO3. The van der Waals surface area contributed by atoms with Crippen LogP contribution in [0.2, 0.25) is 0 Å². The van der Waals surface area contributed by atoms with Crippen molar-refractivity contribution in [3.63, 3.8) is 0 Å². The van der Waals surface area contributed by atoms with Crippen LogP contribution in [0.3, 0.4) is 0 Å². The van der Waals surface area contributed by atoms with Crippen LogP contribution in [0.4, 0.5) is 0 Å². The molecular weight excluding hydrogens is 242 g/mol. The van der Waals surface area contributed by atoms with E-state index in [2.05, 4.69) is 0 Å². The maximum absolute atomic E-state index is 11.9. The molecule has 1 unspecified atom stereocenters. The summed E-state index contributed by atoms with van der Waals surface area (Å²) in [6, 6.07) is 7.41. The van der Waals surface area contributed by atoms with Gasteiger partial charge in [-0.25, -0.2) is 4.79 Å². The molecule has 1 heterocycles. The summed E-state index contributed by atoms with van der Waals surface area (Å²) in [5, 5.41) is 0. The molecule has 0 aromatic heterocycles. The van der Waals surface area contributed by atoms with Crippen molar-refractivity contribution in [1.82, 2.24) is 0 Å². The Balaban J connectivity index is 1.81. The second-order valence-corrected chi connectivity index (χ2v) is 4.82. The van der Waals surface area contributed by atoms with Crippen LogP contribution >= 0.6 is 0 Å². The summed E-state index contributed by atoms with van der Waals surface area (Å²) in [6.07, 6.45) is 4.12. The lowest BCUT2D eigenvalue weighted by molar-refractivity contribution is -0.0300. The van der Waals surface area contributed by atoms with Crippen molar-refractivity contribution >= 4 is 5.97 Å². The number of rotatable bonds is 5. The number of esters is 1. The van der Waals surface area contributed by atoms with Crippen LogP contribution in [-0.2, 0) is 15.9 Å². The van der Waals surface area contributed by atoms with Crippen molar-refractivity contribution in [2.45, 2.75) is 31.8 Å². The highest BCUT2D eigenvalue weighted by Gasteiger charge is 2.16. The zero-order chi connectivity index (χ0) is 13.5. The number of carbonyl (C=O) groups excluding carboxylic acids is 1. The van der Waals surface area contributed by atoms with Crippen LogP contribution in [0.15, 0.2) is 24.3 Å². The van der Waals surface area contributed by atoms with Gasteiger partial charge in [0.15, 0.2) is 0 Å². The second-order valence-electron chi connectivity index (χ2n) is 4.82. The van der Waals surface area contributed by atoms with Crippen molar-refractivity contribution in [2.24, 2.45) is 5.73 Å². The highest BCUT2D eigenvalue weighted by Crippen LogP contribution is 2.14. The van der Waals surface area contributed by atoms with E-state index in [9.17, 15) is 4.79 Å². The predicted octanol–water partition coefficient (Wildman–Crippen LogP) is 1.91. The van der Waals surface area contributed by atoms with Crippen molar-refractivity contribution in [3.8, 4) is 0 Å². The molecule has 19 heavy (non-hydrogen) atoms. The topological polar surface area (TPSA) is 61.6 Å². The molecule has 1 atom stereocenters. The number of hydrogen-bond acceptors (Lipinski definition) is 4. The van der Waals surface area contributed by atoms with Crippen LogP contribution in [0.5, 0.6) is 0 Å². The van der Waals surface area contributed by atoms with E-state index in [0.29, 0.717) is 18.7 Å². The second kappa shape index (κ2) is 7.26. The fraction of sp³-hybridized carbons (Fsp3) is 0.533. The van der Waals surface area contributed by atoms with E-state index in [4.69, 9.17) is 15.2 Å². The minimum absolute atomic E-state index is 0.0641. The largest absolute Gasteiger partial charge is 0.459 e.